The minimum Gasteiger partial charge on any atom is -0.481 e. The molecule has 0 fully saturated rings. The van der Waals surface area contributed by atoms with E-state index in [1.54, 1.807) is 0 Å². The Morgan fingerprint density at radius 3 is 2.10 bits per heavy atom. The highest BCUT2D eigenvalue weighted by molar-refractivity contribution is 5.67. The quantitative estimate of drug-likeness (QED) is 0.666. The lowest BCUT2D eigenvalue weighted by Gasteiger charge is -2.07. The van der Waals surface area contributed by atoms with Gasteiger partial charge in [0.15, 0.2) is 0 Å². The van der Waals surface area contributed by atoms with Gasteiger partial charge in [0.2, 0.25) is 6.43 Å². The maximum Gasteiger partial charge on any atom is 0.303 e. The van der Waals surface area contributed by atoms with Crippen LogP contribution >= 0.6 is 0 Å². The first-order valence-electron chi connectivity index (χ1n) is 2.63. The summed E-state index contributed by atoms with van der Waals surface area (Å²) in [6.07, 6.45) is -3.70. The van der Waals surface area contributed by atoms with Crippen LogP contribution in [0.15, 0.2) is 0 Å². The minimum absolute atomic E-state index is 0.811. The summed E-state index contributed by atoms with van der Waals surface area (Å²) in [5.74, 6) is -3.06. The number of aliphatic carboxylic acids is 1. The lowest BCUT2D eigenvalue weighted by molar-refractivity contribution is -0.139. The summed E-state index contributed by atoms with van der Waals surface area (Å²) < 4.78 is 34.6. The second-order valence-corrected chi connectivity index (χ2v) is 1.85. The molecule has 0 aliphatic rings. The van der Waals surface area contributed by atoms with Crippen LogP contribution in [0, 0.1) is 5.92 Å². The number of alkyl halides is 3. The Balaban J connectivity index is 3.71. The molecule has 0 aliphatic heterocycles. The van der Waals surface area contributed by atoms with E-state index < -0.39 is 31.4 Å². The van der Waals surface area contributed by atoms with Crippen LogP contribution in [0.1, 0.15) is 6.42 Å². The second-order valence-electron chi connectivity index (χ2n) is 1.85. The van der Waals surface area contributed by atoms with Crippen molar-refractivity contribution in [2.75, 3.05) is 6.67 Å². The summed E-state index contributed by atoms with van der Waals surface area (Å²) >= 11 is 0. The van der Waals surface area contributed by atoms with Gasteiger partial charge in [-0.25, -0.2) is 8.78 Å². The molecule has 0 aromatic heterocycles. The van der Waals surface area contributed by atoms with Crippen LogP contribution in [0.25, 0.3) is 0 Å². The van der Waals surface area contributed by atoms with Crippen LogP contribution in [0.3, 0.4) is 0 Å². The highest BCUT2D eigenvalue weighted by atomic mass is 19.3. The third-order valence-electron chi connectivity index (χ3n) is 0.991. The van der Waals surface area contributed by atoms with Crippen LogP contribution in [0.4, 0.5) is 13.2 Å². The SMILES string of the molecule is O=C(O)CC(CF)C(F)F. The van der Waals surface area contributed by atoms with Crippen LogP contribution in [0.2, 0.25) is 0 Å². The molecule has 10 heavy (non-hydrogen) atoms. The number of halogens is 3. The first-order chi connectivity index (χ1) is 4.57. The normalized spacial score (nSPS) is 13.6. The lowest BCUT2D eigenvalue weighted by Crippen LogP contribution is -2.17. The van der Waals surface area contributed by atoms with E-state index in [1.807, 2.05) is 0 Å². The summed E-state index contributed by atoms with van der Waals surface area (Å²) in [6, 6.07) is 0. The van der Waals surface area contributed by atoms with Gasteiger partial charge in [0.1, 0.15) is 0 Å². The molecule has 0 radical (unpaired) electrons. The average molecular weight is 156 g/mol. The van der Waals surface area contributed by atoms with Crippen molar-refractivity contribution in [3.63, 3.8) is 0 Å². The molecule has 0 aliphatic carbocycles. The molecule has 0 spiro atoms. The minimum atomic E-state index is -2.89. The summed E-state index contributed by atoms with van der Waals surface area (Å²) in [5, 5.41) is 7.96. The summed E-state index contributed by atoms with van der Waals surface area (Å²) in [4.78, 5) is 9.77. The monoisotopic (exact) mass is 156 g/mol. The summed E-state index contributed by atoms with van der Waals surface area (Å²) in [6.45, 7) is -1.29. The van der Waals surface area contributed by atoms with Crippen LogP contribution in [-0.4, -0.2) is 24.2 Å². The maximum absolute atomic E-state index is 11.6. The Labute approximate surface area is 55.7 Å². The van der Waals surface area contributed by atoms with Crippen molar-refractivity contribution in [3.05, 3.63) is 0 Å². The number of hydrogen-bond donors (Lipinski definition) is 1. The molecule has 0 aromatic rings. The molecule has 0 heterocycles. The zero-order valence-electron chi connectivity index (χ0n) is 5.06. The molecular formula is C5H7F3O2. The van der Waals surface area contributed by atoms with Crippen molar-refractivity contribution in [1.82, 2.24) is 0 Å². The molecule has 1 unspecified atom stereocenters. The van der Waals surface area contributed by atoms with Gasteiger partial charge in [-0.15, -0.1) is 0 Å². The third-order valence-corrected chi connectivity index (χ3v) is 0.991. The van der Waals surface area contributed by atoms with Gasteiger partial charge in [-0.05, 0) is 0 Å². The number of carbonyl (C=O) groups is 1. The van der Waals surface area contributed by atoms with E-state index in [1.165, 1.54) is 0 Å². The summed E-state index contributed by atoms with van der Waals surface area (Å²) in [5.41, 5.74) is 0. The van der Waals surface area contributed by atoms with Crippen molar-refractivity contribution >= 4 is 5.97 Å². The fourth-order valence-electron chi connectivity index (χ4n) is 0.435. The maximum atomic E-state index is 11.6. The number of carboxylic acid groups (broad SMARTS) is 1. The molecular weight excluding hydrogens is 149 g/mol. The zero-order valence-corrected chi connectivity index (χ0v) is 5.06. The van der Waals surface area contributed by atoms with Crippen LogP contribution in [0.5, 0.6) is 0 Å². The number of hydrogen-bond acceptors (Lipinski definition) is 1. The standard InChI is InChI=1S/C5H7F3O2/c6-2-3(5(7)8)1-4(9)10/h3,5H,1-2H2,(H,9,10). The van der Waals surface area contributed by atoms with Crippen LogP contribution < -0.4 is 0 Å². The fraction of sp³-hybridized carbons (Fsp3) is 0.800. The van der Waals surface area contributed by atoms with Crippen molar-refractivity contribution in [2.45, 2.75) is 12.8 Å². The predicted molar refractivity (Wildman–Crippen MR) is 27.7 cm³/mol. The van der Waals surface area contributed by atoms with Gasteiger partial charge in [0.05, 0.1) is 19.0 Å². The molecule has 0 amide bonds. The first-order valence-corrected chi connectivity index (χ1v) is 2.63. The van der Waals surface area contributed by atoms with Gasteiger partial charge >= 0.3 is 5.97 Å². The second kappa shape index (κ2) is 4.14. The predicted octanol–water partition coefficient (Wildman–Crippen LogP) is 1.31. The first kappa shape index (κ1) is 9.26. The Bertz CT molecular complexity index is 115. The van der Waals surface area contributed by atoms with Crippen molar-refractivity contribution < 1.29 is 23.1 Å². The molecule has 0 rings (SSSR count). The molecule has 5 heteroatoms. The third kappa shape index (κ3) is 3.32. The van der Waals surface area contributed by atoms with Gasteiger partial charge in [-0.2, -0.15) is 0 Å². The van der Waals surface area contributed by atoms with E-state index in [9.17, 15) is 18.0 Å². The number of carboxylic acids is 1. The van der Waals surface area contributed by atoms with Gasteiger partial charge in [-0.3, -0.25) is 9.18 Å². The lowest BCUT2D eigenvalue weighted by atomic mass is 10.1. The van der Waals surface area contributed by atoms with Crippen LogP contribution in [-0.2, 0) is 4.79 Å². The average Bonchev–Trinajstić information content (AvgIpc) is 1.81. The number of rotatable bonds is 4. The van der Waals surface area contributed by atoms with E-state index >= 15 is 0 Å². The highest BCUT2D eigenvalue weighted by Crippen LogP contribution is 2.14. The van der Waals surface area contributed by atoms with Gasteiger partial charge < -0.3 is 5.11 Å². The Kier molecular flexibility index (Phi) is 3.83. The van der Waals surface area contributed by atoms with Gasteiger partial charge in [0, 0.05) is 0 Å². The van der Waals surface area contributed by atoms with Gasteiger partial charge in [0.25, 0.3) is 0 Å². The van der Waals surface area contributed by atoms with Crippen molar-refractivity contribution in [2.24, 2.45) is 5.92 Å². The molecule has 0 aromatic carbocycles. The summed E-state index contributed by atoms with van der Waals surface area (Å²) in [7, 11) is 0. The van der Waals surface area contributed by atoms with Crippen molar-refractivity contribution in [3.8, 4) is 0 Å². The molecule has 0 saturated heterocycles. The highest BCUT2D eigenvalue weighted by Gasteiger charge is 2.22. The van der Waals surface area contributed by atoms with E-state index in [-0.39, 0.29) is 0 Å². The Morgan fingerprint density at radius 1 is 1.50 bits per heavy atom. The molecule has 1 N–H and O–H groups in total. The fourth-order valence-corrected chi connectivity index (χ4v) is 0.435. The zero-order chi connectivity index (χ0) is 8.15. The smallest absolute Gasteiger partial charge is 0.303 e. The van der Waals surface area contributed by atoms with E-state index in [2.05, 4.69) is 0 Å². The van der Waals surface area contributed by atoms with E-state index in [4.69, 9.17) is 5.11 Å². The largest absolute Gasteiger partial charge is 0.481 e. The topological polar surface area (TPSA) is 37.3 Å². The molecule has 2 nitrogen and oxygen atoms in total. The van der Waals surface area contributed by atoms with Crippen molar-refractivity contribution in [1.29, 1.82) is 0 Å². The van der Waals surface area contributed by atoms with Gasteiger partial charge in [-0.1, -0.05) is 0 Å². The Morgan fingerprint density at radius 2 is 2.00 bits per heavy atom. The van der Waals surface area contributed by atoms with E-state index in [0.717, 1.165) is 0 Å². The molecule has 0 bridgehead atoms. The van der Waals surface area contributed by atoms with E-state index in [0.29, 0.717) is 0 Å². The molecule has 0 saturated carbocycles. The molecule has 60 valence electrons. The molecule has 1 atom stereocenters. The Hall–Kier alpha value is -0.740.